The molecule has 1 atom stereocenters. The average molecular weight is 213 g/mol. The smallest absolute Gasteiger partial charge is 0.223 e. The molecule has 0 bridgehead atoms. The lowest BCUT2D eigenvalue weighted by Crippen LogP contribution is -2.38. The van der Waals surface area contributed by atoms with Crippen LogP contribution in [0.1, 0.15) is 39.5 Å². The molecule has 1 aliphatic rings. The van der Waals surface area contributed by atoms with Gasteiger partial charge in [-0.25, -0.2) is 0 Å². The topological polar surface area (TPSA) is 38.3 Å². The summed E-state index contributed by atoms with van der Waals surface area (Å²) in [5.74, 6) is 0.920. The first-order chi connectivity index (χ1) is 7.15. The Morgan fingerprint density at radius 1 is 1.40 bits per heavy atom. The van der Waals surface area contributed by atoms with E-state index in [0.717, 1.165) is 12.8 Å². The molecule has 1 N–H and O–H groups in total. The van der Waals surface area contributed by atoms with Crippen molar-refractivity contribution in [2.75, 3.05) is 13.7 Å². The van der Waals surface area contributed by atoms with Gasteiger partial charge in [0.2, 0.25) is 5.91 Å². The number of hydrogen-bond donors (Lipinski definition) is 1. The minimum Gasteiger partial charge on any atom is -0.379 e. The van der Waals surface area contributed by atoms with Crippen LogP contribution in [0.2, 0.25) is 0 Å². The Morgan fingerprint density at radius 3 is 2.47 bits per heavy atom. The van der Waals surface area contributed by atoms with Gasteiger partial charge in [0.1, 0.15) is 0 Å². The second-order valence-corrected chi connectivity index (χ2v) is 4.74. The molecular formula is C12H23NO2. The van der Waals surface area contributed by atoms with Crippen LogP contribution >= 0.6 is 0 Å². The molecule has 0 saturated heterocycles. The van der Waals surface area contributed by atoms with Crippen LogP contribution < -0.4 is 5.32 Å². The molecular weight excluding hydrogens is 190 g/mol. The third-order valence-corrected chi connectivity index (χ3v) is 3.25. The van der Waals surface area contributed by atoms with Crippen LogP contribution in [-0.2, 0) is 9.53 Å². The molecule has 88 valence electrons. The highest BCUT2D eigenvalue weighted by Crippen LogP contribution is 2.24. The number of hydrogen-bond acceptors (Lipinski definition) is 2. The molecule has 0 aliphatic heterocycles. The van der Waals surface area contributed by atoms with Gasteiger partial charge in [-0.1, -0.05) is 26.7 Å². The van der Waals surface area contributed by atoms with E-state index in [1.807, 2.05) is 0 Å². The summed E-state index contributed by atoms with van der Waals surface area (Å²) in [7, 11) is 1.70. The third-order valence-electron chi connectivity index (χ3n) is 3.25. The minimum atomic E-state index is 0.135. The summed E-state index contributed by atoms with van der Waals surface area (Å²) in [6.45, 7) is 4.86. The maximum atomic E-state index is 11.7. The van der Waals surface area contributed by atoms with Crippen molar-refractivity contribution in [1.82, 2.24) is 5.32 Å². The number of carbonyl (C=O) groups excluding carboxylic acids is 1. The molecule has 0 aromatic heterocycles. The molecule has 1 unspecified atom stereocenters. The van der Waals surface area contributed by atoms with E-state index in [2.05, 4.69) is 19.2 Å². The quantitative estimate of drug-likeness (QED) is 0.758. The van der Waals surface area contributed by atoms with Crippen molar-refractivity contribution in [3.05, 3.63) is 0 Å². The average Bonchev–Trinajstić information content (AvgIpc) is 2.70. The summed E-state index contributed by atoms with van der Waals surface area (Å²) in [6, 6.07) is 0. The van der Waals surface area contributed by atoms with Crippen LogP contribution in [0.3, 0.4) is 0 Å². The Labute approximate surface area is 92.6 Å². The SMILES string of the molecule is COC(CNC(=O)C1CCCC1)C(C)C. The van der Waals surface area contributed by atoms with Crippen molar-refractivity contribution in [1.29, 1.82) is 0 Å². The summed E-state index contributed by atoms with van der Waals surface area (Å²) in [5.41, 5.74) is 0. The molecule has 1 rings (SSSR count). The first-order valence-electron chi connectivity index (χ1n) is 5.95. The second-order valence-electron chi connectivity index (χ2n) is 4.74. The van der Waals surface area contributed by atoms with Crippen LogP contribution in [0.5, 0.6) is 0 Å². The van der Waals surface area contributed by atoms with Gasteiger partial charge in [0.15, 0.2) is 0 Å². The summed E-state index contributed by atoms with van der Waals surface area (Å²) < 4.78 is 5.31. The Bertz CT molecular complexity index is 198. The maximum absolute atomic E-state index is 11.7. The van der Waals surface area contributed by atoms with Crippen LogP contribution in [0.4, 0.5) is 0 Å². The van der Waals surface area contributed by atoms with E-state index in [9.17, 15) is 4.79 Å². The lowest BCUT2D eigenvalue weighted by molar-refractivity contribution is -0.125. The molecule has 0 aromatic carbocycles. The minimum absolute atomic E-state index is 0.135. The Hall–Kier alpha value is -0.570. The normalized spacial score (nSPS) is 19.5. The van der Waals surface area contributed by atoms with E-state index in [-0.39, 0.29) is 17.9 Å². The van der Waals surface area contributed by atoms with E-state index < -0.39 is 0 Å². The molecule has 0 spiro atoms. The van der Waals surface area contributed by atoms with Crippen LogP contribution in [0.25, 0.3) is 0 Å². The van der Waals surface area contributed by atoms with Crippen molar-refractivity contribution < 1.29 is 9.53 Å². The molecule has 1 aliphatic carbocycles. The number of amides is 1. The number of carbonyl (C=O) groups is 1. The van der Waals surface area contributed by atoms with Gasteiger partial charge in [-0.3, -0.25) is 4.79 Å². The van der Waals surface area contributed by atoms with Gasteiger partial charge in [-0.15, -0.1) is 0 Å². The van der Waals surface area contributed by atoms with Gasteiger partial charge in [0.05, 0.1) is 6.10 Å². The van der Waals surface area contributed by atoms with Crippen molar-refractivity contribution >= 4 is 5.91 Å². The van der Waals surface area contributed by atoms with Crippen LogP contribution in [-0.4, -0.2) is 25.7 Å². The van der Waals surface area contributed by atoms with Gasteiger partial charge in [0.25, 0.3) is 0 Å². The summed E-state index contributed by atoms with van der Waals surface area (Å²) >= 11 is 0. The predicted molar refractivity (Wildman–Crippen MR) is 60.6 cm³/mol. The molecule has 0 aromatic rings. The zero-order valence-corrected chi connectivity index (χ0v) is 10.1. The molecule has 15 heavy (non-hydrogen) atoms. The van der Waals surface area contributed by atoms with Gasteiger partial charge in [0, 0.05) is 19.6 Å². The first-order valence-corrected chi connectivity index (χ1v) is 5.95. The third kappa shape index (κ3) is 3.82. The van der Waals surface area contributed by atoms with E-state index in [1.165, 1.54) is 12.8 Å². The van der Waals surface area contributed by atoms with Crippen molar-refractivity contribution in [3.8, 4) is 0 Å². The molecule has 1 amide bonds. The fraction of sp³-hybridized carbons (Fsp3) is 0.917. The summed E-state index contributed by atoms with van der Waals surface area (Å²) in [4.78, 5) is 11.7. The van der Waals surface area contributed by atoms with E-state index in [4.69, 9.17) is 4.74 Å². The number of ether oxygens (including phenoxy) is 1. The molecule has 0 radical (unpaired) electrons. The Morgan fingerprint density at radius 2 is 2.00 bits per heavy atom. The highest BCUT2D eigenvalue weighted by molar-refractivity contribution is 5.78. The van der Waals surface area contributed by atoms with Gasteiger partial charge >= 0.3 is 0 Å². The second kappa shape index (κ2) is 6.11. The zero-order valence-electron chi connectivity index (χ0n) is 10.1. The number of methoxy groups -OCH3 is 1. The fourth-order valence-electron chi connectivity index (χ4n) is 2.12. The fourth-order valence-corrected chi connectivity index (χ4v) is 2.12. The molecule has 3 heteroatoms. The molecule has 1 saturated carbocycles. The Balaban J connectivity index is 2.25. The largest absolute Gasteiger partial charge is 0.379 e. The van der Waals surface area contributed by atoms with E-state index in [1.54, 1.807) is 7.11 Å². The number of nitrogens with one attached hydrogen (secondary N) is 1. The first kappa shape index (κ1) is 12.5. The monoisotopic (exact) mass is 213 g/mol. The standard InChI is InChI=1S/C12H23NO2/c1-9(2)11(15-3)8-13-12(14)10-6-4-5-7-10/h9-11H,4-8H2,1-3H3,(H,13,14). The van der Waals surface area contributed by atoms with Gasteiger partial charge < -0.3 is 10.1 Å². The lowest BCUT2D eigenvalue weighted by Gasteiger charge is -2.20. The van der Waals surface area contributed by atoms with Crippen LogP contribution in [0.15, 0.2) is 0 Å². The summed E-state index contributed by atoms with van der Waals surface area (Å²) in [6.07, 6.45) is 4.66. The van der Waals surface area contributed by atoms with E-state index >= 15 is 0 Å². The summed E-state index contributed by atoms with van der Waals surface area (Å²) in [5, 5.41) is 2.99. The van der Waals surface area contributed by atoms with Crippen LogP contribution in [0, 0.1) is 11.8 Å². The zero-order chi connectivity index (χ0) is 11.3. The Kier molecular flexibility index (Phi) is 5.09. The maximum Gasteiger partial charge on any atom is 0.223 e. The molecule has 3 nitrogen and oxygen atoms in total. The number of rotatable bonds is 5. The molecule has 1 fully saturated rings. The van der Waals surface area contributed by atoms with Crippen molar-refractivity contribution in [3.63, 3.8) is 0 Å². The van der Waals surface area contributed by atoms with Gasteiger partial charge in [-0.05, 0) is 18.8 Å². The highest BCUT2D eigenvalue weighted by atomic mass is 16.5. The predicted octanol–water partition coefficient (Wildman–Crippen LogP) is 1.96. The highest BCUT2D eigenvalue weighted by Gasteiger charge is 2.23. The lowest BCUT2D eigenvalue weighted by atomic mass is 10.1. The molecule has 0 heterocycles. The van der Waals surface area contributed by atoms with Crippen molar-refractivity contribution in [2.45, 2.75) is 45.6 Å². The van der Waals surface area contributed by atoms with Crippen molar-refractivity contribution in [2.24, 2.45) is 11.8 Å². The van der Waals surface area contributed by atoms with Gasteiger partial charge in [-0.2, -0.15) is 0 Å². The van der Waals surface area contributed by atoms with E-state index in [0.29, 0.717) is 12.5 Å².